The number of para-hydroxylation sites is 3. The summed E-state index contributed by atoms with van der Waals surface area (Å²) < 4.78 is 12.6. The van der Waals surface area contributed by atoms with Gasteiger partial charge in [0.25, 0.3) is 0 Å². The molecule has 11 rings (SSSR count). The van der Waals surface area contributed by atoms with Gasteiger partial charge >= 0.3 is 0 Å². The molecule has 0 atom stereocenters. The average Bonchev–Trinajstić information content (AvgIpc) is 3.83. The summed E-state index contributed by atoms with van der Waals surface area (Å²) in [6, 6.07) is 71.0. The first kappa shape index (κ1) is 31.2. The highest BCUT2D eigenvalue weighted by Gasteiger charge is 2.21. The second-order valence-electron chi connectivity index (χ2n) is 14.1. The number of hydrogen-bond donors (Lipinski definition) is 0. The molecule has 0 aliphatic carbocycles. The lowest BCUT2D eigenvalue weighted by Gasteiger charge is -2.28. The van der Waals surface area contributed by atoms with E-state index in [0.29, 0.717) is 0 Å². The molecule has 2 aromatic heterocycles. The number of furan rings is 2. The average molecular weight is 704 g/mol. The van der Waals surface area contributed by atoms with Crippen LogP contribution in [0.1, 0.15) is 0 Å². The Hall–Kier alpha value is -7.36. The van der Waals surface area contributed by atoms with Crippen LogP contribution in [0.4, 0.5) is 17.1 Å². The number of fused-ring (bicyclic) bond motifs is 7. The van der Waals surface area contributed by atoms with Gasteiger partial charge < -0.3 is 13.7 Å². The van der Waals surface area contributed by atoms with E-state index in [2.05, 4.69) is 181 Å². The van der Waals surface area contributed by atoms with Crippen LogP contribution in [0.15, 0.2) is 209 Å². The van der Waals surface area contributed by atoms with Crippen molar-refractivity contribution in [1.29, 1.82) is 0 Å². The number of nitrogens with zero attached hydrogens (tertiary/aromatic N) is 1. The lowest BCUT2D eigenvalue weighted by atomic mass is 9.96. The first-order valence-corrected chi connectivity index (χ1v) is 18.7. The molecule has 2 heterocycles. The zero-order valence-corrected chi connectivity index (χ0v) is 29.8. The Morgan fingerprint density at radius 2 is 0.836 bits per heavy atom. The third-order valence-corrected chi connectivity index (χ3v) is 10.9. The number of rotatable bonds is 6. The first-order chi connectivity index (χ1) is 27.3. The van der Waals surface area contributed by atoms with Gasteiger partial charge in [0.1, 0.15) is 22.3 Å². The van der Waals surface area contributed by atoms with Gasteiger partial charge in [-0.2, -0.15) is 0 Å². The van der Waals surface area contributed by atoms with E-state index in [1.54, 1.807) is 0 Å². The van der Waals surface area contributed by atoms with Crippen molar-refractivity contribution in [1.82, 2.24) is 0 Å². The van der Waals surface area contributed by atoms with Gasteiger partial charge in [0.15, 0.2) is 0 Å². The van der Waals surface area contributed by atoms with Gasteiger partial charge in [-0.15, -0.1) is 0 Å². The van der Waals surface area contributed by atoms with Crippen LogP contribution in [0, 0.1) is 0 Å². The Bertz CT molecular complexity index is 3200. The van der Waals surface area contributed by atoms with Crippen LogP contribution >= 0.6 is 0 Å². The Kier molecular flexibility index (Phi) is 7.17. The van der Waals surface area contributed by atoms with Crippen LogP contribution in [0.5, 0.6) is 0 Å². The molecule has 9 aromatic carbocycles. The number of anilines is 3. The van der Waals surface area contributed by atoms with E-state index in [1.807, 2.05) is 24.3 Å². The van der Waals surface area contributed by atoms with Gasteiger partial charge in [0.05, 0.1) is 5.69 Å². The summed E-state index contributed by atoms with van der Waals surface area (Å²) in [4.78, 5) is 2.37. The molecule has 0 amide bonds. The number of benzene rings is 9. The lowest BCUT2D eigenvalue weighted by molar-refractivity contribution is 0.668. The summed E-state index contributed by atoms with van der Waals surface area (Å²) in [6.45, 7) is 0. The van der Waals surface area contributed by atoms with Crippen molar-refractivity contribution >= 4 is 71.7 Å². The molecular formula is C52H33NO2. The van der Waals surface area contributed by atoms with Crippen molar-refractivity contribution in [2.24, 2.45) is 0 Å². The summed E-state index contributed by atoms with van der Waals surface area (Å²) >= 11 is 0. The molecule has 0 N–H and O–H groups in total. The topological polar surface area (TPSA) is 29.5 Å². The van der Waals surface area contributed by atoms with E-state index < -0.39 is 0 Å². The molecule has 0 unspecified atom stereocenters. The largest absolute Gasteiger partial charge is 0.456 e. The summed E-state index contributed by atoms with van der Waals surface area (Å²) in [7, 11) is 0. The molecule has 3 nitrogen and oxygen atoms in total. The van der Waals surface area contributed by atoms with Crippen molar-refractivity contribution in [3.63, 3.8) is 0 Å². The highest BCUT2D eigenvalue weighted by Crippen LogP contribution is 2.46. The summed E-state index contributed by atoms with van der Waals surface area (Å²) in [6.07, 6.45) is 0. The zero-order valence-electron chi connectivity index (χ0n) is 29.8. The molecular weight excluding hydrogens is 671 g/mol. The quantitative estimate of drug-likeness (QED) is 0.173. The highest BCUT2D eigenvalue weighted by atomic mass is 16.3. The summed E-state index contributed by atoms with van der Waals surface area (Å²) in [5.74, 6) is 0. The van der Waals surface area contributed by atoms with Crippen LogP contribution in [0.25, 0.3) is 88.0 Å². The predicted octanol–water partition coefficient (Wildman–Crippen LogP) is 15.1. The highest BCUT2D eigenvalue weighted by molar-refractivity contribution is 6.14. The maximum Gasteiger partial charge on any atom is 0.136 e. The van der Waals surface area contributed by atoms with Crippen LogP contribution in [0.2, 0.25) is 0 Å². The normalized spacial score (nSPS) is 11.6. The minimum atomic E-state index is 0.870. The molecule has 0 spiro atoms. The fourth-order valence-corrected chi connectivity index (χ4v) is 8.30. The van der Waals surface area contributed by atoms with Crippen molar-refractivity contribution in [3.05, 3.63) is 200 Å². The minimum Gasteiger partial charge on any atom is -0.456 e. The SMILES string of the molecule is c1ccc(N(c2ccc(-c3ccc(-c4cccc5ccccc45)cc3)cc2)c2ccc3oc4ccccc4c3c2)c(-c2cccc3oc4ccccc4c23)c1. The van der Waals surface area contributed by atoms with Gasteiger partial charge in [0, 0.05) is 38.5 Å². The molecule has 0 fully saturated rings. The monoisotopic (exact) mass is 703 g/mol. The van der Waals surface area contributed by atoms with Gasteiger partial charge in [-0.25, -0.2) is 0 Å². The summed E-state index contributed by atoms with van der Waals surface area (Å²) in [5.41, 5.74) is 13.7. The van der Waals surface area contributed by atoms with Crippen molar-refractivity contribution < 1.29 is 8.83 Å². The van der Waals surface area contributed by atoms with Crippen LogP contribution in [0.3, 0.4) is 0 Å². The number of hydrogen-bond acceptors (Lipinski definition) is 3. The van der Waals surface area contributed by atoms with Crippen LogP contribution in [-0.2, 0) is 0 Å². The molecule has 0 aliphatic heterocycles. The van der Waals surface area contributed by atoms with E-state index in [4.69, 9.17) is 8.83 Å². The van der Waals surface area contributed by atoms with E-state index in [-0.39, 0.29) is 0 Å². The van der Waals surface area contributed by atoms with Gasteiger partial charge in [-0.1, -0.05) is 146 Å². The fourth-order valence-electron chi connectivity index (χ4n) is 8.30. The minimum absolute atomic E-state index is 0.870. The zero-order chi connectivity index (χ0) is 36.3. The molecule has 0 bridgehead atoms. The molecule has 3 heteroatoms. The Balaban J connectivity index is 1.05. The van der Waals surface area contributed by atoms with Crippen LogP contribution < -0.4 is 4.90 Å². The molecule has 55 heavy (non-hydrogen) atoms. The van der Waals surface area contributed by atoms with Gasteiger partial charge in [0.2, 0.25) is 0 Å². The van der Waals surface area contributed by atoms with Gasteiger partial charge in [-0.05, 0) is 93.2 Å². The first-order valence-electron chi connectivity index (χ1n) is 18.7. The van der Waals surface area contributed by atoms with E-state index in [9.17, 15) is 0 Å². The van der Waals surface area contributed by atoms with Crippen molar-refractivity contribution in [3.8, 4) is 33.4 Å². The van der Waals surface area contributed by atoms with Gasteiger partial charge in [-0.3, -0.25) is 0 Å². The Morgan fingerprint density at radius 1 is 0.309 bits per heavy atom. The second kappa shape index (κ2) is 12.6. The molecule has 11 aromatic rings. The third kappa shape index (κ3) is 5.20. The standard InChI is InChI=1S/C52H33NO2/c1-2-13-40-36(11-1)12-9-17-41(40)37-25-23-34(24-26-37)35-27-29-38(30-28-35)53(39-31-32-50-46(33-39)43-15-4-7-20-48(43)54-50)47-19-6-3-14-42(47)44-18-10-22-51-52(44)45-16-5-8-21-49(45)55-51/h1-33H. The van der Waals surface area contributed by atoms with Crippen LogP contribution in [-0.4, -0.2) is 0 Å². The lowest BCUT2D eigenvalue weighted by Crippen LogP contribution is -2.11. The van der Waals surface area contributed by atoms with Crippen molar-refractivity contribution in [2.45, 2.75) is 0 Å². The van der Waals surface area contributed by atoms with E-state index in [0.717, 1.165) is 77.6 Å². The molecule has 258 valence electrons. The Labute approximate surface area is 317 Å². The maximum atomic E-state index is 6.35. The van der Waals surface area contributed by atoms with E-state index in [1.165, 1.54) is 27.5 Å². The van der Waals surface area contributed by atoms with E-state index >= 15 is 0 Å². The molecule has 0 saturated carbocycles. The summed E-state index contributed by atoms with van der Waals surface area (Å²) in [5, 5.41) is 6.92. The molecule has 0 saturated heterocycles. The maximum absolute atomic E-state index is 6.35. The molecule has 0 radical (unpaired) electrons. The van der Waals surface area contributed by atoms with Crippen molar-refractivity contribution in [2.75, 3.05) is 4.90 Å². The predicted molar refractivity (Wildman–Crippen MR) is 229 cm³/mol. The fraction of sp³-hybridized carbons (Fsp3) is 0. The Morgan fingerprint density at radius 3 is 1.67 bits per heavy atom. The molecule has 0 aliphatic rings. The third-order valence-electron chi connectivity index (χ3n) is 10.9. The second-order valence-corrected chi connectivity index (χ2v) is 14.1. The smallest absolute Gasteiger partial charge is 0.136 e.